The molecule has 6 aliphatic rings. The molecule has 6 aromatic rings. The SMILES string of the molecule is COCCN1CN(C23c4ccccc4CC2C(Oc2c4n(ccc2=O)N(C25c6ccccc6CC2Cc2c(Cl)cccc25)CN(CCF)C4=O)c2ccccc23)n2ccc(=O)c(O)c2C1=O. The zero-order valence-corrected chi connectivity index (χ0v) is 36.7. The van der Waals surface area contributed by atoms with Gasteiger partial charge in [-0.3, -0.25) is 38.5 Å². The van der Waals surface area contributed by atoms with Crippen molar-refractivity contribution in [1.82, 2.24) is 19.2 Å². The first-order valence-corrected chi connectivity index (χ1v) is 22.6. The molecule has 0 saturated carbocycles. The molecule has 5 atom stereocenters. The standard InChI is InChI=1S/C51H44ClFN6O7/c1-65-24-23-55-29-59(56-20-17-41(60)45(62)43(56)48(55)63)51-36-13-6-3-10-31(36)26-39(51)46(33-11-4-7-14-37(33)51)66-47-42(61)18-21-57-44(47)49(64)54(22-19-53)28-58(57)50-32(25-30-9-2-5-12-35(30)50)27-34-38(50)15-8-16-40(34)52/h2-18,20-21,32,39,46,62H,19,22-29H2,1H3. The molecule has 0 saturated heterocycles. The Kier molecular flexibility index (Phi) is 9.11. The number of carbonyl (C=O) groups excluding carboxylic acids is 2. The van der Waals surface area contributed by atoms with Crippen LogP contribution in [-0.4, -0.2) is 82.9 Å². The van der Waals surface area contributed by atoms with Gasteiger partial charge >= 0.3 is 0 Å². The lowest BCUT2D eigenvalue weighted by atomic mass is 9.81. The molecule has 4 aromatic carbocycles. The van der Waals surface area contributed by atoms with Crippen molar-refractivity contribution in [3.05, 3.63) is 197 Å². The monoisotopic (exact) mass is 906 g/mol. The number of benzene rings is 4. The lowest BCUT2D eigenvalue weighted by Crippen LogP contribution is -2.64. The largest absolute Gasteiger partial charge is 0.502 e. The Bertz CT molecular complexity index is 3180. The number of amides is 2. The fraction of sp³-hybridized carbons (Fsp3) is 0.294. The Morgan fingerprint density at radius 2 is 1.29 bits per heavy atom. The number of pyridine rings is 2. The van der Waals surface area contributed by atoms with Crippen LogP contribution in [0.1, 0.15) is 71.6 Å². The highest BCUT2D eigenvalue weighted by Gasteiger charge is 2.64. The molecule has 15 heteroatoms. The quantitative estimate of drug-likeness (QED) is 0.197. The minimum absolute atomic E-state index is 0.00131. The van der Waals surface area contributed by atoms with Crippen LogP contribution in [0.15, 0.2) is 125 Å². The maximum atomic E-state index is 15.0. The topological polar surface area (TPSA) is 130 Å². The molecule has 0 spiro atoms. The molecule has 334 valence electrons. The number of alkyl halides is 1. The van der Waals surface area contributed by atoms with Crippen LogP contribution < -0.4 is 25.6 Å². The van der Waals surface area contributed by atoms with E-state index in [0.717, 1.165) is 45.4 Å². The average Bonchev–Trinajstić information content (AvgIpc) is 4.03. The van der Waals surface area contributed by atoms with Gasteiger partial charge in [0.05, 0.1) is 13.2 Å². The molecule has 1 N–H and O–H groups in total. The highest BCUT2D eigenvalue weighted by Crippen LogP contribution is 2.62. The number of rotatable bonds is 9. The number of carbonyl (C=O) groups is 2. The number of halogens is 2. The molecular weight excluding hydrogens is 863 g/mol. The van der Waals surface area contributed by atoms with Crippen molar-refractivity contribution in [2.45, 2.75) is 36.4 Å². The summed E-state index contributed by atoms with van der Waals surface area (Å²) in [5.74, 6) is -2.40. The van der Waals surface area contributed by atoms with Crippen LogP contribution in [0, 0.1) is 11.8 Å². The average molecular weight is 907 g/mol. The van der Waals surface area contributed by atoms with Crippen molar-refractivity contribution in [3.63, 3.8) is 0 Å². The number of nitrogens with zero attached hydrogens (tertiary/aromatic N) is 6. The van der Waals surface area contributed by atoms with E-state index in [4.69, 9.17) is 21.1 Å². The zero-order valence-electron chi connectivity index (χ0n) is 35.9. The second-order valence-electron chi connectivity index (χ2n) is 18.0. The third-order valence-electron chi connectivity index (χ3n) is 15.1. The fourth-order valence-corrected chi connectivity index (χ4v) is 12.8. The Morgan fingerprint density at radius 1 is 0.682 bits per heavy atom. The molecule has 2 aliphatic heterocycles. The summed E-state index contributed by atoms with van der Waals surface area (Å²) in [7, 11) is 1.54. The lowest BCUT2D eigenvalue weighted by Gasteiger charge is -2.51. The van der Waals surface area contributed by atoms with Gasteiger partial charge in [-0.05, 0) is 69.8 Å². The van der Waals surface area contributed by atoms with Gasteiger partial charge in [-0.15, -0.1) is 0 Å². The summed E-state index contributed by atoms with van der Waals surface area (Å²) in [6, 6.07) is 32.7. The lowest BCUT2D eigenvalue weighted by molar-refractivity contribution is 0.0523. The number of methoxy groups -OCH3 is 1. The molecule has 0 fully saturated rings. The van der Waals surface area contributed by atoms with E-state index in [1.54, 1.807) is 20.4 Å². The van der Waals surface area contributed by atoms with Crippen LogP contribution >= 0.6 is 11.6 Å². The smallest absolute Gasteiger partial charge is 0.277 e. The number of aromatic hydroxyl groups is 1. The van der Waals surface area contributed by atoms with Gasteiger partial charge in [0.1, 0.15) is 37.2 Å². The number of aromatic nitrogens is 2. The maximum absolute atomic E-state index is 15.0. The Hall–Kier alpha value is -6.90. The molecule has 66 heavy (non-hydrogen) atoms. The van der Waals surface area contributed by atoms with Gasteiger partial charge in [-0.1, -0.05) is 96.5 Å². The molecule has 12 rings (SSSR count). The van der Waals surface area contributed by atoms with Gasteiger partial charge in [0.25, 0.3) is 11.8 Å². The number of ether oxygens (including phenoxy) is 2. The first-order chi connectivity index (χ1) is 32.1. The van der Waals surface area contributed by atoms with Gasteiger partial charge in [0, 0.05) is 55.0 Å². The van der Waals surface area contributed by atoms with Gasteiger partial charge < -0.3 is 24.4 Å². The van der Waals surface area contributed by atoms with Gasteiger partial charge in [-0.25, -0.2) is 4.39 Å². The van der Waals surface area contributed by atoms with E-state index in [9.17, 15) is 23.9 Å². The van der Waals surface area contributed by atoms with E-state index in [-0.39, 0.29) is 56.1 Å². The van der Waals surface area contributed by atoms with Crippen LogP contribution in [0.4, 0.5) is 4.39 Å². The van der Waals surface area contributed by atoms with Crippen molar-refractivity contribution in [3.8, 4) is 11.5 Å². The summed E-state index contributed by atoms with van der Waals surface area (Å²) in [6.45, 7) is -0.574. The first-order valence-electron chi connectivity index (χ1n) is 22.2. The summed E-state index contributed by atoms with van der Waals surface area (Å²) < 4.78 is 30.7. The molecule has 4 aliphatic carbocycles. The van der Waals surface area contributed by atoms with Gasteiger partial charge in [0.15, 0.2) is 22.9 Å². The Morgan fingerprint density at radius 3 is 2.03 bits per heavy atom. The second-order valence-corrected chi connectivity index (χ2v) is 18.4. The van der Waals surface area contributed by atoms with E-state index in [0.29, 0.717) is 17.9 Å². The van der Waals surface area contributed by atoms with Crippen molar-refractivity contribution >= 4 is 23.4 Å². The normalized spacial score (nSPS) is 24.1. The maximum Gasteiger partial charge on any atom is 0.277 e. The molecule has 0 bridgehead atoms. The van der Waals surface area contributed by atoms with E-state index >= 15 is 4.79 Å². The minimum atomic E-state index is -1.10. The molecule has 5 unspecified atom stereocenters. The summed E-state index contributed by atoms with van der Waals surface area (Å²) in [6.07, 6.45) is 4.18. The van der Waals surface area contributed by atoms with Crippen LogP contribution in [0.3, 0.4) is 0 Å². The van der Waals surface area contributed by atoms with E-state index in [1.165, 1.54) is 35.9 Å². The minimum Gasteiger partial charge on any atom is -0.502 e. The highest BCUT2D eigenvalue weighted by molar-refractivity contribution is 6.31. The number of fused-ring (bicyclic) bond motifs is 12. The van der Waals surface area contributed by atoms with Crippen molar-refractivity contribution in [1.29, 1.82) is 0 Å². The van der Waals surface area contributed by atoms with E-state index in [1.807, 2.05) is 77.8 Å². The predicted octanol–water partition coefficient (Wildman–Crippen LogP) is 5.61. The summed E-state index contributed by atoms with van der Waals surface area (Å²) >= 11 is 6.96. The van der Waals surface area contributed by atoms with Crippen LogP contribution in [0.2, 0.25) is 5.02 Å². The van der Waals surface area contributed by atoms with Crippen LogP contribution in [0.25, 0.3) is 0 Å². The molecule has 4 heterocycles. The van der Waals surface area contributed by atoms with Crippen molar-refractivity contribution in [2.24, 2.45) is 11.8 Å². The first kappa shape index (κ1) is 40.6. The molecule has 2 aromatic heterocycles. The molecular formula is C51H44ClFN6O7. The number of hydrogen-bond acceptors (Lipinski definition) is 9. The summed E-state index contributed by atoms with van der Waals surface area (Å²) in [5.41, 5.74) is 4.42. The summed E-state index contributed by atoms with van der Waals surface area (Å²) in [5, 5.41) is 16.1. The van der Waals surface area contributed by atoms with Gasteiger partial charge in [-0.2, -0.15) is 0 Å². The molecule has 0 radical (unpaired) electrons. The fourth-order valence-electron chi connectivity index (χ4n) is 12.6. The Balaban J connectivity index is 1.06. The predicted molar refractivity (Wildman–Crippen MR) is 243 cm³/mol. The third kappa shape index (κ3) is 5.25. The molecule has 13 nitrogen and oxygen atoms in total. The van der Waals surface area contributed by atoms with Crippen LogP contribution in [-0.2, 0) is 35.1 Å². The van der Waals surface area contributed by atoms with Crippen molar-refractivity contribution in [2.75, 3.05) is 56.8 Å². The van der Waals surface area contributed by atoms with Crippen molar-refractivity contribution < 1.29 is 28.6 Å². The number of hydrogen-bond donors (Lipinski definition) is 1. The van der Waals surface area contributed by atoms with Crippen LogP contribution in [0.5, 0.6) is 11.5 Å². The zero-order chi connectivity index (χ0) is 45.2. The Labute approximate surface area is 383 Å². The third-order valence-corrected chi connectivity index (χ3v) is 15.4. The molecule has 2 amide bonds. The van der Waals surface area contributed by atoms with E-state index < -0.39 is 58.2 Å². The summed E-state index contributed by atoms with van der Waals surface area (Å²) in [4.78, 5) is 59.9. The highest BCUT2D eigenvalue weighted by atomic mass is 35.5. The second kappa shape index (κ2) is 14.8. The van der Waals surface area contributed by atoms with Gasteiger partial charge in [0.2, 0.25) is 10.9 Å². The van der Waals surface area contributed by atoms with E-state index in [2.05, 4.69) is 23.2 Å².